The Morgan fingerprint density at radius 3 is 2.29 bits per heavy atom. The Balaban J connectivity index is 2.08. The Labute approximate surface area is 87.0 Å². The molecule has 1 aliphatic rings. The smallest absolute Gasteiger partial charge is 0.0314 e. The van der Waals surface area contributed by atoms with E-state index < -0.39 is 10.8 Å². The molecule has 2 nitrogen and oxygen atoms in total. The molecule has 76 valence electrons. The largest absolute Gasteiger partial charge is 0.399 e. The molecular formula is C11H15NOS. The maximum Gasteiger partial charge on any atom is 0.0314 e. The van der Waals surface area contributed by atoms with Gasteiger partial charge in [-0.15, -0.1) is 0 Å². The molecule has 3 heteroatoms. The Hall–Kier alpha value is -0.830. The fourth-order valence-corrected chi connectivity index (χ4v) is 3.19. The Morgan fingerprint density at radius 1 is 1.14 bits per heavy atom. The zero-order valence-corrected chi connectivity index (χ0v) is 8.93. The molecule has 1 fully saturated rings. The minimum atomic E-state index is -0.564. The number of hydrogen-bond acceptors (Lipinski definition) is 2. The van der Waals surface area contributed by atoms with Crippen LogP contribution in [0.1, 0.15) is 24.3 Å². The van der Waals surface area contributed by atoms with Crippen molar-refractivity contribution in [3.05, 3.63) is 29.8 Å². The van der Waals surface area contributed by atoms with Crippen molar-refractivity contribution in [2.45, 2.75) is 18.8 Å². The highest BCUT2D eigenvalue weighted by Gasteiger charge is 2.18. The Morgan fingerprint density at radius 2 is 1.71 bits per heavy atom. The van der Waals surface area contributed by atoms with Gasteiger partial charge in [0.25, 0.3) is 0 Å². The van der Waals surface area contributed by atoms with Crippen LogP contribution in [0.2, 0.25) is 0 Å². The summed E-state index contributed by atoms with van der Waals surface area (Å²) in [6.07, 6.45) is 2.10. The Bertz CT molecular complexity index is 324. The fourth-order valence-electron chi connectivity index (χ4n) is 1.90. The molecule has 0 aromatic heterocycles. The first-order chi connectivity index (χ1) is 6.75. The van der Waals surface area contributed by atoms with E-state index in [1.807, 2.05) is 12.1 Å². The molecule has 1 aromatic carbocycles. The van der Waals surface area contributed by atoms with Gasteiger partial charge in [-0.3, -0.25) is 4.21 Å². The van der Waals surface area contributed by atoms with Gasteiger partial charge in [0, 0.05) is 28.0 Å². The van der Waals surface area contributed by atoms with Crippen LogP contribution in [0.15, 0.2) is 24.3 Å². The standard InChI is InChI=1S/C11H15NOS/c12-11-3-1-9(2-4-11)10-5-7-14(13)8-6-10/h1-4,10H,5-8,12H2. The summed E-state index contributed by atoms with van der Waals surface area (Å²) in [5, 5.41) is 0. The quantitative estimate of drug-likeness (QED) is 0.718. The summed E-state index contributed by atoms with van der Waals surface area (Å²) >= 11 is 0. The molecule has 1 aromatic rings. The van der Waals surface area contributed by atoms with Crippen molar-refractivity contribution in [2.24, 2.45) is 0 Å². The van der Waals surface area contributed by atoms with Gasteiger partial charge in [0.05, 0.1) is 0 Å². The number of hydrogen-bond donors (Lipinski definition) is 1. The van der Waals surface area contributed by atoms with Gasteiger partial charge in [-0.1, -0.05) is 12.1 Å². The van der Waals surface area contributed by atoms with Gasteiger partial charge in [0.1, 0.15) is 0 Å². The summed E-state index contributed by atoms with van der Waals surface area (Å²) in [6.45, 7) is 0. The average molecular weight is 209 g/mol. The van der Waals surface area contributed by atoms with Gasteiger partial charge in [-0.25, -0.2) is 0 Å². The van der Waals surface area contributed by atoms with Crippen molar-refractivity contribution < 1.29 is 4.21 Å². The molecule has 2 rings (SSSR count). The first-order valence-electron chi connectivity index (χ1n) is 4.96. The van der Waals surface area contributed by atoms with Crippen LogP contribution in [0.5, 0.6) is 0 Å². The normalized spacial score (nSPS) is 27.4. The molecule has 0 saturated carbocycles. The molecule has 2 N–H and O–H groups in total. The molecule has 0 radical (unpaired) electrons. The number of nitrogens with two attached hydrogens (primary N) is 1. The monoisotopic (exact) mass is 209 g/mol. The maximum atomic E-state index is 11.2. The molecule has 1 saturated heterocycles. The summed E-state index contributed by atoms with van der Waals surface area (Å²) in [5.41, 5.74) is 7.79. The maximum absolute atomic E-state index is 11.2. The van der Waals surface area contributed by atoms with E-state index >= 15 is 0 Å². The number of benzene rings is 1. The fraction of sp³-hybridized carbons (Fsp3) is 0.455. The third-order valence-electron chi connectivity index (χ3n) is 2.80. The molecule has 0 atom stereocenters. The Kier molecular flexibility index (Phi) is 2.87. The van der Waals surface area contributed by atoms with Crippen molar-refractivity contribution >= 4 is 16.5 Å². The van der Waals surface area contributed by atoms with Crippen LogP contribution in [0.3, 0.4) is 0 Å². The molecule has 0 spiro atoms. The molecule has 1 aliphatic heterocycles. The van der Waals surface area contributed by atoms with Crippen LogP contribution in [0.25, 0.3) is 0 Å². The van der Waals surface area contributed by atoms with E-state index in [4.69, 9.17) is 5.73 Å². The molecule has 0 bridgehead atoms. The predicted molar refractivity (Wildman–Crippen MR) is 60.7 cm³/mol. The summed E-state index contributed by atoms with van der Waals surface area (Å²) in [5.74, 6) is 2.30. The highest BCUT2D eigenvalue weighted by Crippen LogP contribution is 2.28. The van der Waals surface area contributed by atoms with Gasteiger partial charge in [-0.2, -0.15) is 0 Å². The second-order valence-electron chi connectivity index (χ2n) is 3.79. The number of anilines is 1. The lowest BCUT2D eigenvalue weighted by Gasteiger charge is -2.21. The second kappa shape index (κ2) is 4.13. The van der Waals surface area contributed by atoms with E-state index in [9.17, 15) is 4.21 Å². The van der Waals surface area contributed by atoms with Gasteiger partial charge in [0.2, 0.25) is 0 Å². The topological polar surface area (TPSA) is 43.1 Å². The first-order valence-corrected chi connectivity index (χ1v) is 6.45. The van der Waals surface area contributed by atoms with Gasteiger partial charge in [0.15, 0.2) is 0 Å². The van der Waals surface area contributed by atoms with Crippen LogP contribution < -0.4 is 5.73 Å². The van der Waals surface area contributed by atoms with Crippen molar-refractivity contribution in [2.75, 3.05) is 17.2 Å². The second-order valence-corrected chi connectivity index (χ2v) is 5.49. The zero-order valence-electron chi connectivity index (χ0n) is 8.11. The molecule has 14 heavy (non-hydrogen) atoms. The molecular weight excluding hydrogens is 194 g/mol. The van der Waals surface area contributed by atoms with E-state index in [2.05, 4.69) is 12.1 Å². The minimum Gasteiger partial charge on any atom is -0.399 e. The summed E-state index contributed by atoms with van der Waals surface area (Å²) in [7, 11) is -0.564. The lowest BCUT2D eigenvalue weighted by atomic mass is 9.93. The number of nitrogen functional groups attached to an aromatic ring is 1. The SMILES string of the molecule is Nc1ccc(C2CCS(=O)CC2)cc1. The molecule has 0 amide bonds. The van der Waals surface area contributed by atoms with E-state index in [1.165, 1.54) is 5.56 Å². The van der Waals surface area contributed by atoms with Gasteiger partial charge < -0.3 is 5.73 Å². The first kappa shape index (κ1) is 9.71. The number of rotatable bonds is 1. The molecule has 1 heterocycles. The van der Waals surface area contributed by atoms with E-state index in [1.54, 1.807) is 0 Å². The van der Waals surface area contributed by atoms with Crippen molar-refractivity contribution in [3.63, 3.8) is 0 Å². The van der Waals surface area contributed by atoms with E-state index in [0.717, 1.165) is 30.0 Å². The van der Waals surface area contributed by atoms with Crippen molar-refractivity contribution in [3.8, 4) is 0 Å². The van der Waals surface area contributed by atoms with Crippen molar-refractivity contribution in [1.29, 1.82) is 0 Å². The van der Waals surface area contributed by atoms with Gasteiger partial charge >= 0.3 is 0 Å². The van der Waals surface area contributed by atoms with Crippen LogP contribution in [0, 0.1) is 0 Å². The van der Waals surface area contributed by atoms with E-state index in [0.29, 0.717) is 5.92 Å². The lowest BCUT2D eigenvalue weighted by molar-refractivity contribution is 0.605. The van der Waals surface area contributed by atoms with Crippen LogP contribution in [-0.2, 0) is 10.8 Å². The van der Waals surface area contributed by atoms with Crippen LogP contribution in [0.4, 0.5) is 5.69 Å². The third-order valence-corrected chi connectivity index (χ3v) is 4.18. The highest BCUT2D eigenvalue weighted by atomic mass is 32.2. The molecule has 0 unspecified atom stereocenters. The predicted octanol–water partition coefficient (Wildman–Crippen LogP) is 1.89. The molecule has 0 aliphatic carbocycles. The lowest BCUT2D eigenvalue weighted by Crippen LogP contribution is -2.16. The summed E-state index contributed by atoms with van der Waals surface area (Å²) in [4.78, 5) is 0. The zero-order chi connectivity index (χ0) is 9.97. The summed E-state index contributed by atoms with van der Waals surface area (Å²) < 4.78 is 11.2. The van der Waals surface area contributed by atoms with E-state index in [-0.39, 0.29) is 0 Å². The van der Waals surface area contributed by atoms with Gasteiger partial charge in [-0.05, 0) is 36.5 Å². The van der Waals surface area contributed by atoms with Crippen LogP contribution >= 0.6 is 0 Å². The minimum absolute atomic E-state index is 0.564. The summed E-state index contributed by atoms with van der Waals surface area (Å²) in [6, 6.07) is 8.07. The highest BCUT2D eigenvalue weighted by molar-refractivity contribution is 7.85. The van der Waals surface area contributed by atoms with Crippen molar-refractivity contribution in [1.82, 2.24) is 0 Å². The third kappa shape index (κ3) is 2.15. The van der Waals surface area contributed by atoms with Crippen LogP contribution in [-0.4, -0.2) is 15.7 Å². The average Bonchev–Trinajstić information content (AvgIpc) is 2.21.